The zero-order valence-electron chi connectivity index (χ0n) is 12.1. The van der Waals surface area contributed by atoms with Crippen molar-refractivity contribution in [2.45, 2.75) is 27.2 Å². The Balaban J connectivity index is 2.66. The summed E-state index contributed by atoms with van der Waals surface area (Å²) in [4.78, 5) is 31.2. The average Bonchev–Trinajstić information content (AvgIpc) is 2.42. The first-order valence-electron chi connectivity index (χ1n) is 6.51. The molecule has 1 aromatic rings. The number of primary amides is 1. The number of carbonyl (C=O) groups is 2. The number of nitrogens with zero attached hydrogens (tertiary/aromatic N) is 2. The molecule has 2 amide bonds. The second-order valence-corrected chi connectivity index (χ2v) is 5.15. The molecule has 0 bridgehead atoms. The molecule has 0 aliphatic heterocycles. The summed E-state index contributed by atoms with van der Waals surface area (Å²) in [5.41, 5.74) is 4.64. The van der Waals surface area contributed by atoms with Gasteiger partial charge in [0, 0.05) is 13.1 Å². The van der Waals surface area contributed by atoms with E-state index in [4.69, 9.17) is 5.73 Å². The number of amides is 2. The molecule has 0 aromatic carbocycles. The Hall–Kier alpha value is -2.18. The van der Waals surface area contributed by atoms with E-state index in [1.165, 1.54) is 6.20 Å². The molecule has 0 spiro atoms. The lowest BCUT2D eigenvalue weighted by molar-refractivity contribution is -0.125. The number of hydrogen-bond acceptors (Lipinski definition) is 5. The molecule has 0 unspecified atom stereocenters. The first-order chi connectivity index (χ1) is 9.36. The predicted octanol–water partition coefficient (Wildman–Crippen LogP) is 0.540. The zero-order chi connectivity index (χ0) is 15.2. The van der Waals surface area contributed by atoms with E-state index in [2.05, 4.69) is 20.6 Å². The van der Waals surface area contributed by atoms with Crippen LogP contribution in [0.3, 0.4) is 0 Å². The van der Waals surface area contributed by atoms with E-state index in [9.17, 15) is 9.59 Å². The largest absolute Gasteiger partial charge is 0.369 e. The van der Waals surface area contributed by atoms with Gasteiger partial charge in [-0.2, -0.15) is 0 Å². The highest BCUT2D eigenvalue weighted by molar-refractivity contribution is 5.92. The molecule has 0 fully saturated rings. The van der Waals surface area contributed by atoms with E-state index in [1.807, 2.05) is 6.92 Å². The van der Waals surface area contributed by atoms with Crippen molar-refractivity contribution < 1.29 is 9.59 Å². The minimum Gasteiger partial charge on any atom is -0.369 e. The van der Waals surface area contributed by atoms with Crippen molar-refractivity contribution in [3.8, 4) is 0 Å². The third-order valence-corrected chi connectivity index (χ3v) is 2.78. The first kappa shape index (κ1) is 15.9. The van der Waals surface area contributed by atoms with Gasteiger partial charge >= 0.3 is 0 Å². The normalized spacial score (nSPS) is 10.9. The monoisotopic (exact) mass is 279 g/mol. The van der Waals surface area contributed by atoms with Crippen molar-refractivity contribution >= 4 is 17.6 Å². The summed E-state index contributed by atoms with van der Waals surface area (Å²) in [6.07, 6.45) is 3.88. The fourth-order valence-electron chi connectivity index (χ4n) is 1.29. The standard InChI is InChI=1S/C13H21N5O2/c1-4-5-16-10-7-15-6-9(18-10)11(19)17-8-13(2,3)12(14)20/h6-7H,4-5,8H2,1-3H3,(H2,14,20)(H,16,18)(H,17,19). The molecule has 1 heterocycles. The zero-order valence-corrected chi connectivity index (χ0v) is 12.1. The van der Waals surface area contributed by atoms with Crippen molar-refractivity contribution in [3.05, 3.63) is 18.1 Å². The van der Waals surface area contributed by atoms with E-state index < -0.39 is 11.3 Å². The maximum Gasteiger partial charge on any atom is 0.271 e. The number of rotatable bonds is 7. The molecular weight excluding hydrogens is 258 g/mol. The molecule has 0 saturated carbocycles. The van der Waals surface area contributed by atoms with Crippen LogP contribution in [0.2, 0.25) is 0 Å². The van der Waals surface area contributed by atoms with E-state index in [0.717, 1.165) is 13.0 Å². The van der Waals surface area contributed by atoms with Crippen molar-refractivity contribution in [2.24, 2.45) is 11.1 Å². The first-order valence-corrected chi connectivity index (χ1v) is 6.51. The summed E-state index contributed by atoms with van der Waals surface area (Å²) in [5.74, 6) is -0.303. The van der Waals surface area contributed by atoms with Crippen molar-refractivity contribution in [2.75, 3.05) is 18.4 Å². The van der Waals surface area contributed by atoms with Crippen LogP contribution in [0.25, 0.3) is 0 Å². The number of nitrogens with two attached hydrogens (primary N) is 1. The van der Waals surface area contributed by atoms with Crippen LogP contribution in [-0.4, -0.2) is 34.9 Å². The highest BCUT2D eigenvalue weighted by Crippen LogP contribution is 2.12. The number of anilines is 1. The average molecular weight is 279 g/mol. The summed E-state index contributed by atoms with van der Waals surface area (Å²) in [6.45, 7) is 6.27. The number of nitrogens with one attached hydrogen (secondary N) is 2. The Labute approximate surface area is 118 Å². The van der Waals surface area contributed by atoms with Crippen LogP contribution in [0.4, 0.5) is 5.82 Å². The van der Waals surface area contributed by atoms with Crippen LogP contribution in [0.5, 0.6) is 0 Å². The summed E-state index contributed by atoms with van der Waals surface area (Å²) < 4.78 is 0. The molecule has 0 radical (unpaired) electrons. The number of hydrogen-bond donors (Lipinski definition) is 3. The molecule has 1 rings (SSSR count). The van der Waals surface area contributed by atoms with Gasteiger partial charge in [-0.3, -0.25) is 14.6 Å². The molecule has 4 N–H and O–H groups in total. The Morgan fingerprint density at radius 2 is 2.05 bits per heavy atom. The van der Waals surface area contributed by atoms with Crippen LogP contribution < -0.4 is 16.4 Å². The maximum atomic E-state index is 11.9. The Morgan fingerprint density at radius 3 is 2.65 bits per heavy atom. The Morgan fingerprint density at radius 1 is 1.35 bits per heavy atom. The molecule has 0 saturated heterocycles. The van der Waals surface area contributed by atoms with Gasteiger partial charge in [-0.25, -0.2) is 4.98 Å². The molecule has 20 heavy (non-hydrogen) atoms. The fourth-order valence-corrected chi connectivity index (χ4v) is 1.29. The van der Waals surface area contributed by atoms with Crippen LogP contribution in [-0.2, 0) is 4.79 Å². The topological polar surface area (TPSA) is 110 Å². The van der Waals surface area contributed by atoms with Gasteiger partial charge < -0.3 is 16.4 Å². The molecule has 0 atom stereocenters. The second-order valence-electron chi connectivity index (χ2n) is 5.15. The lowest BCUT2D eigenvalue weighted by Gasteiger charge is -2.20. The molecule has 0 aliphatic carbocycles. The number of aromatic nitrogens is 2. The van der Waals surface area contributed by atoms with E-state index in [-0.39, 0.29) is 18.1 Å². The van der Waals surface area contributed by atoms with Gasteiger partial charge in [0.1, 0.15) is 11.5 Å². The summed E-state index contributed by atoms with van der Waals surface area (Å²) in [5, 5.41) is 5.69. The van der Waals surface area contributed by atoms with Gasteiger partial charge in [-0.1, -0.05) is 6.92 Å². The van der Waals surface area contributed by atoms with Crippen LogP contribution >= 0.6 is 0 Å². The third-order valence-electron chi connectivity index (χ3n) is 2.78. The number of carbonyl (C=O) groups excluding carboxylic acids is 2. The lowest BCUT2D eigenvalue weighted by atomic mass is 9.93. The molecule has 7 heteroatoms. The lowest BCUT2D eigenvalue weighted by Crippen LogP contribution is -2.42. The van der Waals surface area contributed by atoms with Crippen molar-refractivity contribution in [1.29, 1.82) is 0 Å². The molecule has 7 nitrogen and oxygen atoms in total. The minimum atomic E-state index is -0.804. The molecule has 1 aromatic heterocycles. The predicted molar refractivity (Wildman–Crippen MR) is 76.1 cm³/mol. The van der Waals surface area contributed by atoms with Gasteiger partial charge in [-0.05, 0) is 20.3 Å². The quantitative estimate of drug-likeness (QED) is 0.674. The van der Waals surface area contributed by atoms with Crippen LogP contribution in [0, 0.1) is 5.41 Å². The second kappa shape index (κ2) is 6.83. The van der Waals surface area contributed by atoms with Crippen molar-refractivity contribution in [3.63, 3.8) is 0 Å². The summed E-state index contributed by atoms with van der Waals surface area (Å²) in [7, 11) is 0. The van der Waals surface area contributed by atoms with Gasteiger partial charge in [-0.15, -0.1) is 0 Å². The molecule has 110 valence electrons. The van der Waals surface area contributed by atoms with Crippen LogP contribution in [0.15, 0.2) is 12.4 Å². The van der Waals surface area contributed by atoms with Gasteiger partial charge in [0.25, 0.3) is 5.91 Å². The smallest absolute Gasteiger partial charge is 0.271 e. The molecule has 0 aliphatic rings. The SMILES string of the molecule is CCCNc1cncc(C(=O)NCC(C)(C)C(N)=O)n1. The van der Waals surface area contributed by atoms with Crippen LogP contribution in [0.1, 0.15) is 37.7 Å². The van der Waals surface area contributed by atoms with Gasteiger partial charge in [0.2, 0.25) is 5.91 Å². The summed E-state index contributed by atoms with van der Waals surface area (Å²) >= 11 is 0. The Kier molecular flexibility index (Phi) is 5.42. The highest BCUT2D eigenvalue weighted by atomic mass is 16.2. The highest BCUT2D eigenvalue weighted by Gasteiger charge is 2.25. The van der Waals surface area contributed by atoms with Gasteiger partial charge in [0.15, 0.2) is 0 Å². The third kappa shape index (κ3) is 4.49. The summed E-state index contributed by atoms with van der Waals surface area (Å²) in [6, 6.07) is 0. The van der Waals surface area contributed by atoms with Crippen molar-refractivity contribution in [1.82, 2.24) is 15.3 Å². The molecular formula is C13H21N5O2. The van der Waals surface area contributed by atoms with Gasteiger partial charge in [0.05, 0.1) is 17.8 Å². The van der Waals surface area contributed by atoms with E-state index in [1.54, 1.807) is 20.0 Å². The van der Waals surface area contributed by atoms with E-state index >= 15 is 0 Å². The Bertz CT molecular complexity index is 487. The van der Waals surface area contributed by atoms with E-state index in [0.29, 0.717) is 5.82 Å². The fraction of sp³-hybridized carbons (Fsp3) is 0.538. The minimum absolute atomic E-state index is 0.148. The maximum absolute atomic E-state index is 11.9.